The molecule has 104 valence electrons. The number of rotatable bonds is 5. The standard InChI is InChI=1S/C15H23N3S/c1-5-12(16)13(14-11(4)6-9-19-14)18-8-7-17-15(18)10(2)3/h6-10,12-13H,5,16H2,1-4H3. The zero-order chi connectivity index (χ0) is 14.0. The third kappa shape index (κ3) is 2.74. The zero-order valence-electron chi connectivity index (χ0n) is 12.1. The van der Waals surface area contributed by atoms with Gasteiger partial charge >= 0.3 is 0 Å². The van der Waals surface area contributed by atoms with Gasteiger partial charge < -0.3 is 10.3 Å². The summed E-state index contributed by atoms with van der Waals surface area (Å²) >= 11 is 1.79. The molecule has 0 bridgehead atoms. The molecule has 2 N–H and O–H groups in total. The van der Waals surface area contributed by atoms with Gasteiger partial charge in [0.25, 0.3) is 0 Å². The van der Waals surface area contributed by atoms with Crippen molar-refractivity contribution in [3.63, 3.8) is 0 Å². The van der Waals surface area contributed by atoms with Crippen LogP contribution in [-0.4, -0.2) is 15.6 Å². The maximum atomic E-state index is 6.40. The summed E-state index contributed by atoms with van der Waals surface area (Å²) in [5.74, 6) is 1.52. The van der Waals surface area contributed by atoms with Crippen LogP contribution in [0.2, 0.25) is 0 Å². The van der Waals surface area contributed by atoms with Gasteiger partial charge in [-0.2, -0.15) is 0 Å². The Balaban J connectivity index is 2.50. The first-order chi connectivity index (χ1) is 9.06. The van der Waals surface area contributed by atoms with Crippen LogP contribution in [0.3, 0.4) is 0 Å². The van der Waals surface area contributed by atoms with Crippen molar-refractivity contribution in [2.24, 2.45) is 5.73 Å². The largest absolute Gasteiger partial charge is 0.326 e. The number of hydrogen-bond acceptors (Lipinski definition) is 3. The van der Waals surface area contributed by atoms with Gasteiger partial charge in [-0.25, -0.2) is 4.98 Å². The van der Waals surface area contributed by atoms with Crippen LogP contribution in [0.15, 0.2) is 23.8 Å². The molecule has 0 aliphatic heterocycles. The molecule has 0 spiro atoms. The third-order valence-corrected chi connectivity index (χ3v) is 4.65. The highest BCUT2D eigenvalue weighted by Crippen LogP contribution is 2.32. The van der Waals surface area contributed by atoms with Crippen molar-refractivity contribution >= 4 is 11.3 Å². The Morgan fingerprint density at radius 3 is 2.68 bits per heavy atom. The Kier molecular flexibility index (Phi) is 4.42. The van der Waals surface area contributed by atoms with Crippen molar-refractivity contribution in [1.29, 1.82) is 0 Å². The Hall–Kier alpha value is -1.13. The molecule has 2 heterocycles. The van der Waals surface area contributed by atoms with Gasteiger partial charge in [-0.15, -0.1) is 11.3 Å². The molecule has 2 unspecified atom stereocenters. The smallest absolute Gasteiger partial charge is 0.111 e. The van der Waals surface area contributed by atoms with Crippen LogP contribution in [-0.2, 0) is 0 Å². The molecular weight excluding hydrogens is 254 g/mol. The van der Waals surface area contributed by atoms with Crippen LogP contribution in [0, 0.1) is 6.92 Å². The van der Waals surface area contributed by atoms with Crippen molar-refractivity contribution in [3.8, 4) is 0 Å². The predicted molar refractivity (Wildman–Crippen MR) is 81.8 cm³/mol. The first-order valence-electron chi connectivity index (χ1n) is 6.88. The van der Waals surface area contributed by atoms with E-state index in [1.54, 1.807) is 11.3 Å². The van der Waals surface area contributed by atoms with Gasteiger partial charge in [-0.05, 0) is 30.4 Å². The minimum atomic E-state index is 0.115. The molecule has 2 atom stereocenters. The molecule has 0 aromatic carbocycles. The van der Waals surface area contributed by atoms with Gasteiger partial charge in [0.15, 0.2) is 0 Å². The fraction of sp³-hybridized carbons (Fsp3) is 0.533. The fourth-order valence-electron chi connectivity index (χ4n) is 2.44. The van der Waals surface area contributed by atoms with Gasteiger partial charge in [-0.1, -0.05) is 20.8 Å². The SMILES string of the molecule is CCC(N)C(c1sccc1C)n1ccnc1C(C)C. The molecular formula is C15H23N3S. The summed E-state index contributed by atoms with van der Waals surface area (Å²) in [6.45, 7) is 8.66. The second kappa shape index (κ2) is 5.88. The van der Waals surface area contributed by atoms with E-state index < -0.39 is 0 Å². The Bertz CT molecular complexity index is 527. The van der Waals surface area contributed by atoms with Crippen molar-refractivity contribution < 1.29 is 0 Å². The van der Waals surface area contributed by atoms with Gasteiger partial charge in [0, 0.05) is 29.2 Å². The van der Waals surface area contributed by atoms with E-state index in [2.05, 4.69) is 54.9 Å². The molecule has 0 saturated carbocycles. The van der Waals surface area contributed by atoms with Crippen LogP contribution in [0.4, 0.5) is 0 Å². The number of aryl methyl sites for hydroxylation is 1. The third-order valence-electron chi connectivity index (χ3n) is 3.56. The number of aromatic nitrogens is 2. The summed E-state index contributed by atoms with van der Waals surface area (Å²) in [5.41, 5.74) is 7.72. The van der Waals surface area contributed by atoms with E-state index in [0.29, 0.717) is 5.92 Å². The number of imidazole rings is 1. The maximum Gasteiger partial charge on any atom is 0.111 e. The summed E-state index contributed by atoms with van der Waals surface area (Å²) < 4.78 is 2.26. The average Bonchev–Trinajstić information content (AvgIpc) is 3.00. The van der Waals surface area contributed by atoms with Crippen LogP contribution in [0.5, 0.6) is 0 Å². The number of nitrogens with two attached hydrogens (primary N) is 1. The van der Waals surface area contributed by atoms with E-state index >= 15 is 0 Å². The van der Waals surface area contributed by atoms with Gasteiger partial charge in [0.1, 0.15) is 5.82 Å². The number of thiophene rings is 1. The van der Waals surface area contributed by atoms with Crippen molar-refractivity contribution in [2.45, 2.75) is 52.1 Å². The summed E-state index contributed by atoms with van der Waals surface area (Å²) in [4.78, 5) is 5.86. The quantitative estimate of drug-likeness (QED) is 0.905. The van der Waals surface area contributed by atoms with E-state index in [4.69, 9.17) is 5.73 Å². The van der Waals surface area contributed by atoms with Crippen molar-refractivity contribution in [1.82, 2.24) is 9.55 Å². The van der Waals surface area contributed by atoms with Crippen molar-refractivity contribution in [2.75, 3.05) is 0 Å². The first-order valence-corrected chi connectivity index (χ1v) is 7.76. The zero-order valence-corrected chi connectivity index (χ0v) is 12.9. The second-order valence-corrected chi connectivity index (χ2v) is 6.28. The summed E-state index contributed by atoms with van der Waals surface area (Å²) in [7, 11) is 0. The molecule has 2 aromatic heterocycles. The summed E-state index contributed by atoms with van der Waals surface area (Å²) in [5, 5.41) is 2.14. The average molecular weight is 277 g/mol. The lowest BCUT2D eigenvalue weighted by atomic mass is 10.0. The molecule has 4 heteroatoms. The predicted octanol–water partition coefficient (Wildman–Crippen LogP) is 3.70. The minimum absolute atomic E-state index is 0.115. The van der Waals surface area contributed by atoms with Gasteiger partial charge in [-0.3, -0.25) is 0 Å². The Morgan fingerprint density at radius 2 is 2.16 bits per heavy atom. The monoisotopic (exact) mass is 277 g/mol. The fourth-order valence-corrected chi connectivity index (χ4v) is 3.55. The van der Waals surface area contributed by atoms with E-state index in [9.17, 15) is 0 Å². The maximum absolute atomic E-state index is 6.40. The Morgan fingerprint density at radius 1 is 1.42 bits per heavy atom. The molecule has 2 rings (SSSR count). The van der Waals surface area contributed by atoms with Crippen LogP contribution in [0.25, 0.3) is 0 Å². The van der Waals surface area contributed by atoms with Gasteiger partial charge in [0.2, 0.25) is 0 Å². The molecule has 0 fully saturated rings. The second-order valence-electron chi connectivity index (χ2n) is 5.33. The minimum Gasteiger partial charge on any atom is -0.326 e. The topological polar surface area (TPSA) is 43.8 Å². The highest BCUT2D eigenvalue weighted by Gasteiger charge is 2.25. The summed E-state index contributed by atoms with van der Waals surface area (Å²) in [6, 6.07) is 2.48. The lowest BCUT2D eigenvalue weighted by Crippen LogP contribution is -2.33. The highest BCUT2D eigenvalue weighted by molar-refractivity contribution is 7.10. The summed E-state index contributed by atoms with van der Waals surface area (Å²) in [6.07, 6.45) is 4.90. The van der Waals surface area contributed by atoms with Crippen LogP contribution >= 0.6 is 11.3 Å². The lowest BCUT2D eigenvalue weighted by molar-refractivity contribution is 0.444. The molecule has 0 radical (unpaired) electrons. The van der Waals surface area contributed by atoms with Crippen LogP contribution in [0.1, 0.15) is 55.4 Å². The van der Waals surface area contributed by atoms with E-state index in [-0.39, 0.29) is 12.1 Å². The Labute approximate surface area is 119 Å². The van der Waals surface area contributed by atoms with E-state index in [1.165, 1.54) is 10.4 Å². The molecule has 2 aromatic rings. The molecule has 0 aliphatic carbocycles. The van der Waals surface area contributed by atoms with E-state index in [0.717, 1.165) is 12.2 Å². The van der Waals surface area contributed by atoms with Crippen molar-refractivity contribution in [3.05, 3.63) is 40.1 Å². The van der Waals surface area contributed by atoms with Crippen LogP contribution < -0.4 is 5.73 Å². The molecule has 0 aliphatic rings. The first kappa shape index (κ1) is 14.3. The normalized spacial score (nSPS) is 14.8. The van der Waals surface area contributed by atoms with E-state index in [1.807, 2.05) is 6.20 Å². The lowest BCUT2D eigenvalue weighted by Gasteiger charge is -2.27. The highest BCUT2D eigenvalue weighted by atomic mass is 32.1. The molecule has 19 heavy (non-hydrogen) atoms. The number of nitrogens with zero attached hydrogens (tertiary/aromatic N) is 2. The van der Waals surface area contributed by atoms with Gasteiger partial charge in [0.05, 0.1) is 6.04 Å². The number of hydrogen-bond donors (Lipinski definition) is 1. The molecule has 3 nitrogen and oxygen atoms in total. The molecule has 0 saturated heterocycles. The molecule has 0 amide bonds.